The molecular weight excluding hydrogens is 112 g/mol. The summed E-state index contributed by atoms with van der Waals surface area (Å²) in [5, 5.41) is 9.42. The number of rotatable bonds is 0. The molecule has 3 saturated carbocycles. The summed E-state index contributed by atoms with van der Waals surface area (Å²) in [7, 11) is 0. The number of aliphatic hydroxyl groups is 1. The second-order valence-corrected chi connectivity index (χ2v) is 3.97. The van der Waals surface area contributed by atoms with Crippen molar-refractivity contribution in [1.29, 1.82) is 0 Å². The first-order valence-electron chi connectivity index (χ1n) is 4.06. The van der Waals surface area contributed by atoms with E-state index in [1.807, 2.05) is 0 Å². The van der Waals surface area contributed by atoms with Gasteiger partial charge in [-0.1, -0.05) is 0 Å². The molecule has 0 amide bonds. The third-order valence-electron chi connectivity index (χ3n) is 3.86. The van der Waals surface area contributed by atoms with Gasteiger partial charge in [0.15, 0.2) is 0 Å². The molecule has 3 aliphatic rings. The second-order valence-electron chi connectivity index (χ2n) is 3.97. The van der Waals surface area contributed by atoms with Crippen molar-refractivity contribution in [3.05, 3.63) is 0 Å². The number of hydrogen-bond donors (Lipinski definition) is 1. The van der Waals surface area contributed by atoms with Crippen LogP contribution in [0.2, 0.25) is 0 Å². The van der Waals surface area contributed by atoms with Gasteiger partial charge in [0.05, 0.1) is 6.10 Å². The van der Waals surface area contributed by atoms with Crippen LogP contribution in [0.3, 0.4) is 0 Å². The molecule has 3 rings (SSSR count). The highest BCUT2D eigenvalue weighted by Crippen LogP contribution is 2.65. The molecule has 0 bridgehead atoms. The lowest BCUT2D eigenvalue weighted by Crippen LogP contribution is -2.57. The minimum atomic E-state index is 0.119. The van der Waals surface area contributed by atoms with Gasteiger partial charge < -0.3 is 5.11 Å². The van der Waals surface area contributed by atoms with Crippen LogP contribution in [-0.4, -0.2) is 11.2 Å². The van der Waals surface area contributed by atoms with Gasteiger partial charge in [-0.25, -0.2) is 0 Å². The summed E-state index contributed by atoms with van der Waals surface area (Å²) in [5.74, 6) is 3.53. The van der Waals surface area contributed by atoms with Crippen molar-refractivity contribution in [2.24, 2.45) is 23.7 Å². The number of aliphatic hydroxyl groups excluding tert-OH is 1. The minimum absolute atomic E-state index is 0.119. The Morgan fingerprint density at radius 3 is 2.78 bits per heavy atom. The Morgan fingerprint density at radius 1 is 1.11 bits per heavy atom. The largest absolute Gasteiger partial charge is 0.393 e. The Labute approximate surface area is 55.1 Å². The molecule has 0 radical (unpaired) electrons. The Morgan fingerprint density at radius 2 is 2.00 bits per heavy atom. The average Bonchev–Trinajstić information content (AvgIpc) is 1.93. The van der Waals surface area contributed by atoms with Crippen molar-refractivity contribution in [3.8, 4) is 0 Å². The molecule has 0 heterocycles. The van der Waals surface area contributed by atoms with Gasteiger partial charge in [0.2, 0.25) is 0 Å². The van der Waals surface area contributed by atoms with E-state index in [-0.39, 0.29) is 6.10 Å². The molecule has 1 heteroatoms. The maximum atomic E-state index is 9.42. The lowest BCUT2D eigenvalue weighted by Gasteiger charge is -2.57. The van der Waals surface area contributed by atoms with E-state index in [0.717, 1.165) is 23.7 Å². The van der Waals surface area contributed by atoms with E-state index < -0.39 is 0 Å². The van der Waals surface area contributed by atoms with E-state index in [4.69, 9.17) is 0 Å². The van der Waals surface area contributed by atoms with Crippen LogP contribution < -0.4 is 0 Å². The van der Waals surface area contributed by atoms with Crippen molar-refractivity contribution < 1.29 is 5.11 Å². The van der Waals surface area contributed by atoms with Gasteiger partial charge in [-0.05, 0) is 42.9 Å². The first kappa shape index (κ1) is 4.73. The van der Waals surface area contributed by atoms with E-state index in [2.05, 4.69) is 0 Å². The average molecular weight is 124 g/mol. The Hall–Kier alpha value is -0.0400. The normalized spacial score (nSPS) is 68.3. The Kier molecular flexibility index (Phi) is 0.628. The smallest absolute Gasteiger partial charge is 0.0602 e. The maximum absolute atomic E-state index is 9.42. The van der Waals surface area contributed by atoms with Crippen molar-refractivity contribution in [2.75, 3.05) is 0 Å². The molecule has 50 valence electrons. The molecular formula is C8H12O. The molecule has 1 unspecified atom stereocenters. The summed E-state index contributed by atoms with van der Waals surface area (Å²) < 4.78 is 0. The zero-order chi connectivity index (χ0) is 6.01. The fourth-order valence-electron chi connectivity index (χ4n) is 3.33. The van der Waals surface area contributed by atoms with Crippen molar-refractivity contribution in [2.45, 2.75) is 25.4 Å². The predicted molar refractivity (Wildman–Crippen MR) is 33.8 cm³/mol. The minimum Gasteiger partial charge on any atom is -0.393 e. The molecule has 1 N–H and O–H groups in total. The highest BCUT2D eigenvalue weighted by molar-refractivity contribution is 5.11. The predicted octanol–water partition coefficient (Wildman–Crippen LogP) is 1.02. The monoisotopic (exact) mass is 124 g/mol. The first-order chi connectivity index (χ1) is 4.38. The maximum Gasteiger partial charge on any atom is 0.0602 e. The standard InChI is InChI=1S/C8H12O/c9-8-5-2-1-4-3-6(8)7(4)5/h4-9H,1-3H2/t4-,5-,6?,7+,8+/m1/s1. The fourth-order valence-corrected chi connectivity index (χ4v) is 3.33. The molecule has 0 saturated heterocycles. The van der Waals surface area contributed by atoms with E-state index >= 15 is 0 Å². The van der Waals surface area contributed by atoms with Gasteiger partial charge >= 0.3 is 0 Å². The van der Waals surface area contributed by atoms with Crippen LogP contribution in [-0.2, 0) is 0 Å². The molecule has 1 nitrogen and oxygen atoms in total. The first-order valence-corrected chi connectivity index (χ1v) is 4.06. The van der Waals surface area contributed by atoms with Crippen LogP contribution >= 0.6 is 0 Å². The third-order valence-corrected chi connectivity index (χ3v) is 3.86. The van der Waals surface area contributed by atoms with Crippen LogP contribution in [0, 0.1) is 23.7 Å². The molecule has 0 aromatic rings. The SMILES string of the molecule is O[C@@H]1C2C[C@H]3CC[C@@H]1[C@@H]23. The van der Waals surface area contributed by atoms with Crippen LogP contribution in [0.1, 0.15) is 19.3 Å². The molecule has 0 aliphatic heterocycles. The van der Waals surface area contributed by atoms with Crippen molar-refractivity contribution >= 4 is 0 Å². The molecule has 3 aliphatic carbocycles. The summed E-state index contributed by atoms with van der Waals surface area (Å²) in [4.78, 5) is 0. The molecule has 5 atom stereocenters. The third kappa shape index (κ3) is 0.337. The molecule has 0 spiro atoms. The second kappa shape index (κ2) is 1.20. The number of hydrogen-bond acceptors (Lipinski definition) is 1. The Balaban J connectivity index is 1.93. The summed E-state index contributed by atoms with van der Waals surface area (Å²) >= 11 is 0. The summed E-state index contributed by atoms with van der Waals surface area (Å²) in [6.07, 6.45) is 4.21. The lowest BCUT2D eigenvalue weighted by molar-refractivity contribution is -0.162. The van der Waals surface area contributed by atoms with Crippen LogP contribution in [0.25, 0.3) is 0 Å². The van der Waals surface area contributed by atoms with Gasteiger partial charge in [0, 0.05) is 0 Å². The molecule has 9 heavy (non-hydrogen) atoms. The van der Waals surface area contributed by atoms with Gasteiger partial charge in [-0.15, -0.1) is 0 Å². The highest BCUT2D eigenvalue weighted by Gasteiger charge is 2.62. The summed E-state index contributed by atoms with van der Waals surface area (Å²) in [6, 6.07) is 0. The molecule has 0 aromatic carbocycles. The van der Waals surface area contributed by atoms with E-state index in [0.29, 0.717) is 0 Å². The zero-order valence-corrected chi connectivity index (χ0v) is 5.46. The van der Waals surface area contributed by atoms with Crippen molar-refractivity contribution in [3.63, 3.8) is 0 Å². The van der Waals surface area contributed by atoms with E-state index in [1.165, 1.54) is 19.3 Å². The lowest BCUT2D eigenvalue weighted by atomic mass is 9.50. The van der Waals surface area contributed by atoms with Crippen molar-refractivity contribution in [1.82, 2.24) is 0 Å². The van der Waals surface area contributed by atoms with Gasteiger partial charge in [0.1, 0.15) is 0 Å². The van der Waals surface area contributed by atoms with Gasteiger partial charge in [-0.3, -0.25) is 0 Å². The highest BCUT2D eigenvalue weighted by atomic mass is 16.3. The van der Waals surface area contributed by atoms with E-state index in [9.17, 15) is 5.11 Å². The zero-order valence-electron chi connectivity index (χ0n) is 5.46. The topological polar surface area (TPSA) is 20.2 Å². The quantitative estimate of drug-likeness (QED) is 0.511. The fraction of sp³-hybridized carbons (Fsp3) is 1.00. The van der Waals surface area contributed by atoms with Gasteiger partial charge in [0.25, 0.3) is 0 Å². The molecule has 3 fully saturated rings. The van der Waals surface area contributed by atoms with E-state index in [1.54, 1.807) is 0 Å². The van der Waals surface area contributed by atoms with Crippen LogP contribution in [0.4, 0.5) is 0 Å². The van der Waals surface area contributed by atoms with Crippen LogP contribution in [0.5, 0.6) is 0 Å². The van der Waals surface area contributed by atoms with Gasteiger partial charge in [-0.2, -0.15) is 0 Å². The Bertz CT molecular complexity index is 151. The molecule has 0 aromatic heterocycles. The summed E-state index contributed by atoms with van der Waals surface area (Å²) in [5.41, 5.74) is 0. The summed E-state index contributed by atoms with van der Waals surface area (Å²) in [6.45, 7) is 0. The van der Waals surface area contributed by atoms with Crippen LogP contribution in [0.15, 0.2) is 0 Å².